The smallest absolute Gasteiger partial charge is 0.309 e. The molecule has 70 valence electrons. The van der Waals surface area contributed by atoms with Crippen LogP contribution in [0, 0.1) is 0 Å². The third-order valence-corrected chi connectivity index (χ3v) is 0.754. The minimum absolute atomic E-state index is 0.326. The molecular weight excluding hydrogens is 174 g/mol. The van der Waals surface area contributed by atoms with Crippen LogP contribution in [0.25, 0.3) is 0 Å². The number of anilines is 1. The molecule has 5 N–H and O–H groups in total. The number of carbonyl (C=O) groups is 2. The summed E-state index contributed by atoms with van der Waals surface area (Å²) in [5, 5.41) is 2.30. The first-order valence-electron chi connectivity index (χ1n) is 3.19. The van der Waals surface area contributed by atoms with Gasteiger partial charge in [-0.1, -0.05) is 0 Å². The van der Waals surface area contributed by atoms with E-state index >= 15 is 0 Å². The molecule has 1 aromatic heterocycles. The molecule has 13 heavy (non-hydrogen) atoms. The lowest BCUT2D eigenvalue weighted by Gasteiger charge is -1.90. The van der Waals surface area contributed by atoms with Crippen molar-refractivity contribution in [1.29, 1.82) is 0 Å². The molecule has 0 aromatic carbocycles. The van der Waals surface area contributed by atoms with Gasteiger partial charge < -0.3 is 11.5 Å². The number of amides is 3. The van der Waals surface area contributed by atoms with Gasteiger partial charge in [-0.2, -0.15) is 0 Å². The number of carbonyl (C=O) groups excluding carboxylic acids is 2. The van der Waals surface area contributed by atoms with E-state index in [0.29, 0.717) is 12.4 Å². The SMILES string of the molecule is NC(N)=O.O=CNc1ncccn1. The van der Waals surface area contributed by atoms with E-state index in [0.717, 1.165) is 0 Å². The molecule has 1 rings (SSSR count). The summed E-state index contributed by atoms with van der Waals surface area (Å²) in [4.78, 5) is 26.2. The van der Waals surface area contributed by atoms with E-state index in [9.17, 15) is 4.79 Å². The monoisotopic (exact) mass is 183 g/mol. The average Bonchev–Trinajstić information content (AvgIpc) is 2.06. The van der Waals surface area contributed by atoms with Crippen molar-refractivity contribution in [2.24, 2.45) is 11.5 Å². The Morgan fingerprint density at radius 3 is 2.23 bits per heavy atom. The standard InChI is InChI=1S/C5H5N3O.CH4N2O/c9-4-8-5-6-2-1-3-7-5;2-1(3)4/h1-4H,(H,6,7,8,9);(H4,2,3,4). The van der Waals surface area contributed by atoms with E-state index < -0.39 is 6.03 Å². The number of aromatic nitrogens is 2. The topological polar surface area (TPSA) is 124 Å². The predicted octanol–water partition coefficient (Wildman–Crippen LogP) is -0.931. The Hall–Kier alpha value is -2.18. The Bertz CT molecular complexity index is 259. The van der Waals surface area contributed by atoms with Gasteiger partial charge in [-0.25, -0.2) is 14.8 Å². The van der Waals surface area contributed by atoms with E-state index in [4.69, 9.17) is 4.79 Å². The highest BCUT2D eigenvalue weighted by Gasteiger charge is 1.85. The lowest BCUT2D eigenvalue weighted by atomic mass is 10.7. The molecule has 0 saturated carbocycles. The fourth-order valence-electron chi connectivity index (χ4n) is 0.426. The number of nitrogens with one attached hydrogen (secondary N) is 1. The van der Waals surface area contributed by atoms with Crippen molar-refractivity contribution in [2.75, 3.05) is 5.32 Å². The molecule has 0 saturated heterocycles. The van der Waals surface area contributed by atoms with Crippen LogP contribution >= 0.6 is 0 Å². The zero-order valence-electron chi connectivity index (χ0n) is 6.68. The first-order valence-corrected chi connectivity index (χ1v) is 3.19. The molecule has 0 unspecified atom stereocenters. The van der Waals surface area contributed by atoms with Gasteiger partial charge in [0.25, 0.3) is 0 Å². The number of urea groups is 1. The van der Waals surface area contributed by atoms with Gasteiger partial charge in [0.2, 0.25) is 12.4 Å². The van der Waals surface area contributed by atoms with E-state index in [-0.39, 0.29) is 0 Å². The third kappa shape index (κ3) is 7.72. The zero-order chi connectivity index (χ0) is 10.1. The van der Waals surface area contributed by atoms with Crippen molar-refractivity contribution in [3.63, 3.8) is 0 Å². The summed E-state index contributed by atoms with van der Waals surface area (Å²) >= 11 is 0. The molecule has 1 aromatic rings. The fourth-order valence-corrected chi connectivity index (χ4v) is 0.426. The molecule has 3 amide bonds. The van der Waals surface area contributed by atoms with E-state index in [1.165, 1.54) is 0 Å². The summed E-state index contributed by atoms with van der Waals surface area (Å²) in [6, 6.07) is 0.843. The van der Waals surface area contributed by atoms with Gasteiger partial charge in [0, 0.05) is 12.4 Å². The molecule has 0 bridgehead atoms. The highest BCUT2D eigenvalue weighted by molar-refractivity contribution is 5.69. The zero-order valence-corrected chi connectivity index (χ0v) is 6.68. The number of nitrogens with zero attached hydrogens (tertiary/aromatic N) is 2. The quantitative estimate of drug-likeness (QED) is 0.512. The third-order valence-electron chi connectivity index (χ3n) is 0.754. The van der Waals surface area contributed by atoms with Gasteiger partial charge in [0.15, 0.2) is 0 Å². The molecule has 7 heteroatoms. The largest absolute Gasteiger partial charge is 0.352 e. The molecule has 0 aliphatic carbocycles. The Morgan fingerprint density at radius 1 is 1.38 bits per heavy atom. The van der Waals surface area contributed by atoms with Crippen molar-refractivity contribution in [3.05, 3.63) is 18.5 Å². The molecular formula is C6H9N5O2. The molecule has 7 nitrogen and oxygen atoms in total. The summed E-state index contributed by atoms with van der Waals surface area (Å²) in [5.74, 6) is 0.326. The molecule has 0 fully saturated rings. The Morgan fingerprint density at radius 2 is 1.85 bits per heavy atom. The highest BCUT2D eigenvalue weighted by atomic mass is 16.2. The summed E-state index contributed by atoms with van der Waals surface area (Å²) in [6.07, 6.45) is 3.65. The van der Waals surface area contributed by atoms with Gasteiger partial charge in [-0.15, -0.1) is 0 Å². The van der Waals surface area contributed by atoms with Crippen LogP contribution in [0.5, 0.6) is 0 Å². The van der Waals surface area contributed by atoms with Crippen molar-refractivity contribution in [3.8, 4) is 0 Å². The summed E-state index contributed by atoms with van der Waals surface area (Å²) < 4.78 is 0. The van der Waals surface area contributed by atoms with Crippen molar-refractivity contribution in [2.45, 2.75) is 0 Å². The van der Waals surface area contributed by atoms with Crippen LogP contribution in [-0.2, 0) is 4.79 Å². The van der Waals surface area contributed by atoms with Crippen LogP contribution in [0.2, 0.25) is 0 Å². The second-order valence-electron chi connectivity index (χ2n) is 1.74. The summed E-state index contributed by atoms with van der Waals surface area (Å²) in [5.41, 5.74) is 8.50. The van der Waals surface area contributed by atoms with Crippen LogP contribution < -0.4 is 16.8 Å². The maximum Gasteiger partial charge on any atom is 0.309 e. The van der Waals surface area contributed by atoms with Gasteiger partial charge >= 0.3 is 6.03 Å². The lowest BCUT2D eigenvalue weighted by Crippen LogP contribution is -2.18. The number of rotatable bonds is 2. The van der Waals surface area contributed by atoms with Crippen molar-refractivity contribution < 1.29 is 9.59 Å². The normalized spacial score (nSPS) is 7.69. The van der Waals surface area contributed by atoms with Crippen molar-refractivity contribution >= 4 is 18.4 Å². The summed E-state index contributed by atoms with van der Waals surface area (Å²) in [6.45, 7) is 0. The first kappa shape index (κ1) is 10.8. The highest BCUT2D eigenvalue weighted by Crippen LogP contribution is 1.89. The van der Waals surface area contributed by atoms with Crippen LogP contribution in [0.4, 0.5) is 10.7 Å². The van der Waals surface area contributed by atoms with E-state index in [1.54, 1.807) is 18.5 Å². The number of hydrogen-bond acceptors (Lipinski definition) is 4. The second-order valence-corrected chi connectivity index (χ2v) is 1.74. The molecule has 0 aliphatic heterocycles. The Balaban J connectivity index is 0.000000310. The fraction of sp³-hybridized carbons (Fsp3) is 0. The Kier molecular flexibility index (Phi) is 5.43. The first-order chi connectivity index (χ1) is 6.16. The van der Waals surface area contributed by atoms with Gasteiger partial charge in [-0.05, 0) is 6.07 Å². The number of nitrogens with two attached hydrogens (primary N) is 2. The molecule has 0 aliphatic rings. The molecule has 0 spiro atoms. The van der Waals surface area contributed by atoms with E-state index in [2.05, 4.69) is 26.8 Å². The number of hydrogen-bond donors (Lipinski definition) is 3. The van der Waals surface area contributed by atoms with Gasteiger partial charge in [-0.3, -0.25) is 10.1 Å². The number of primary amides is 2. The average molecular weight is 183 g/mol. The van der Waals surface area contributed by atoms with Crippen LogP contribution in [-0.4, -0.2) is 22.4 Å². The second kappa shape index (κ2) is 6.53. The lowest BCUT2D eigenvalue weighted by molar-refractivity contribution is -0.105. The van der Waals surface area contributed by atoms with Crippen LogP contribution in [0.15, 0.2) is 18.5 Å². The minimum atomic E-state index is -0.833. The van der Waals surface area contributed by atoms with Crippen LogP contribution in [0.1, 0.15) is 0 Å². The summed E-state index contributed by atoms with van der Waals surface area (Å²) in [7, 11) is 0. The van der Waals surface area contributed by atoms with E-state index in [1.807, 2.05) is 0 Å². The van der Waals surface area contributed by atoms with Crippen molar-refractivity contribution in [1.82, 2.24) is 9.97 Å². The molecule has 0 radical (unpaired) electrons. The Labute approximate surface area is 74.2 Å². The molecule has 1 heterocycles. The maximum absolute atomic E-state index is 9.78. The maximum atomic E-state index is 9.78. The molecule has 0 atom stereocenters. The predicted molar refractivity (Wildman–Crippen MR) is 45.5 cm³/mol. The van der Waals surface area contributed by atoms with Crippen LogP contribution in [0.3, 0.4) is 0 Å². The van der Waals surface area contributed by atoms with Gasteiger partial charge in [0.05, 0.1) is 0 Å². The minimum Gasteiger partial charge on any atom is -0.352 e. The van der Waals surface area contributed by atoms with Gasteiger partial charge in [0.1, 0.15) is 0 Å².